The molecule has 0 aliphatic rings. The van der Waals surface area contributed by atoms with Gasteiger partial charge in [-0.05, 0) is 0 Å². The smallest absolute Gasteiger partial charge is 0.203 e. The van der Waals surface area contributed by atoms with Crippen molar-refractivity contribution in [3.8, 4) is 5.75 Å². The topological polar surface area (TPSA) is 90.9 Å². The number of aryl methyl sites for hydroxylation is 1. The molecule has 0 atom stereocenters. The molecular formula is C11H16N6O. The summed E-state index contributed by atoms with van der Waals surface area (Å²) in [6, 6.07) is 0. The first-order valence-electron chi connectivity index (χ1n) is 5.57. The molecule has 18 heavy (non-hydrogen) atoms. The van der Waals surface area contributed by atoms with Crippen molar-refractivity contribution in [3.63, 3.8) is 0 Å². The van der Waals surface area contributed by atoms with Crippen LogP contribution < -0.4 is 15.8 Å². The van der Waals surface area contributed by atoms with Crippen LogP contribution in [0.1, 0.15) is 5.82 Å². The van der Waals surface area contributed by atoms with E-state index in [-0.39, 0.29) is 0 Å². The highest BCUT2D eigenvalue weighted by Crippen LogP contribution is 2.25. The van der Waals surface area contributed by atoms with Crippen LogP contribution in [0.3, 0.4) is 0 Å². The van der Waals surface area contributed by atoms with Crippen LogP contribution in [-0.4, -0.2) is 33.2 Å². The van der Waals surface area contributed by atoms with Crippen LogP contribution in [0.4, 0.5) is 11.6 Å². The summed E-state index contributed by atoms with van der Waals surface area (Å²) >= 11 is 0. The standard InChI is InChI=1S/C11H16N6O/c1-17-6-5-13-8(17)3-4-14-11-9(18-2)10(12)15-7-16-11/h5-7H,3-4H2,1-2H3,(H3,12,14,15,16). The molecule has 0 bridgehead atoms. The largest absolute Gasteiger partial charge is 0.490 e. The summed E-state index contributed by atoms with van der Waals surface area (Å²) < 4.78 is 7.13. The van der Waals surface area contributed by atoms with E-state index in [4.69, 9.17) is 10.5 Å². The average Bonchev–Trinajstić information content (AvgIpc) is 2.75. The fourth-order valence-corrected chi connectivity index (χ4v) is 1.64. The lowest BCUT2D eigenvalue weighted by Gasteiger charge is -2.10. The first-order valence-corrected chi connectivity index (χ1v) is 5.57. The summed E-state index contributed by atoms with van der Waals surface area (Å²) in [5.41, 5.74) is 5.69. The summed E-state index contributed by atoms with van der Waals surface area (Å²) in [7, 11) is 3.50. The zero-order chi connectivity index (χ0) is 13.0. The summed E-state index contributed by atoms with van der Waals surface area (Å²) in [5.74, 6) is 2.40. The number of hydrogen-bond acceptors (Lipinski definition) is 6. The first kappa shape index (κ1) is 12.2. The van der Waals surface area contributed by atoms with Crippen LogP contribution in [0.5, 0.6) is 5.75 Å². The number of nitrogen functional groups attached to an aromatic ring is 1. The van der Waals surface area contributed by atoms with Gasteiger partial charge in [-0.25, -0.2) is 15.0 Å². The van der Waals surface area contributed by atoms with Crippen LogP contribution in [0.25, 0.3) is 0 Å². The van der Waals surface area contributed by atoms with Gasteiger partial charge in [0.15, 0.2) is 11.6 Å². The quantitative estimate of drug-likeness (QED) is 0.798. The van der Waals surface area contributed by atoms with E-state index in [9.17, 15) is 0 Å². The van der Waals surface area contributed by atoms with E-state index in [1.54, 1.807) is 13.3 Å². The predicted octanol–water partition coefficient (Wildman–Crippen LogP) is 0.455. The van der Waals surface area contributed by atoms with Gasteiger partial charge in [0.2, 0.25) is 5.75 Å². The predicted molar refractivity (Wildman–Crippen MR) is 68.4 cm³/mol. The Balaban J connectivity index is 1.98. The molecule has 0 aromatic carbocycles. The van der Waals surface area contributed by atoms with Gasteiger partial charge < -0.3 is 20.4 Å². The molecule has 0 amide bonds. The molecule has 2 aromatic rings. The highest BCUT2D eigenvalue weighted by atomic mass is 16.5. The van der Waals surface area contributed by atoms with Crippen LogP contribution in [-0.2, 0) is 13.5 Å². The molecule has 7 heteroatoms. The van der Waals surface area contributed by atoms with Crippen LogP contribution >= 0.6 is 0 Å². The molecule has 0 spiro atoms. The van der Waals surface area contributed by atoms with Crippen LogP contribution in [0.15, 0.2) is 18.7 Å². The van der Waals surface area contributed by atoms with E-state index in [0.29, 0.717) is 23.9 Å². The third-order valence-corrected chi connectivity index (χ3v) is 2.60. The Kier molecular flexibility index (Phi) is 3.61. The minimum Gasteiger partial charge on any atom is -0.490 e. The van der Waals surface area contributed by atoms with Gasteiger partial charge >= 0.3 is 0 Å². The van der Waals surface area contributed by atoms with Gasteiger partial charge in [0.05, 0.1) is 7.11 Å². The first-order chi connectivity index (χ1) is 8.72. The van der Waals surface area contributed by atoms with Crippen molar-refractivity contribution < 1.29 is 4.74 Å². The third kappa shape index (κ3) is 2.50. The number of nitrogens with one attached hydrogen (secondary N) is 1. The van der Waals surface area contributed by atoms with Crippen molar-refractivity contribution in [2.24, 2.45) is 7.05 Å². The Morgan fingerprint density at radius 2 is 2.22 bits per heavy atom. The Bertz CT molecular complexity index is 524. The Morgan fingerprint density at radius 3 is 2.89 bits per heavy atom. The lowest BCUT2D eigenvalue weighted by Crippen LogP contribution is -2.11. The van der Waals surface area contributed by atoms with Crippen LogP contribution in [0.2, 0.25) is 0 Å². The molecule has 0 aliphatic heterocycles. The van der Waals surface area contributed by atoms with Gasteiger partial charge in [0, 0.05) is 32.4 Å². The van der Waals surface area contributed by atoms with Crippen molar-refractivity contribution in [2.75, 3.05) is 24.7 Å². The van der Waals surface area contributed by atoms with Gasteiger partial charge in [0.1, 0.15) is 12.2 Å². The molecule has 2 heterocycles. The molecule has 0 saturated heterocycles. The number of aromatic nitrogens is 4. The number of ether oxygens (including phenoxy) is 1. The summed E-state index contributed by atoms with van der Waals surface area (Å²) in [5, 5.41) is 3.16. The molecule has 7 nitrogen and oxygen atoms in total. The number of methoxy groups -OCH3 is 1. The van der Waals surface area contributed by atoms with Gasteiger partial charge in [-0.1, -0.05) is 0 Å². The fourth-order valence-electron chi connectivity index (χ4n) is 1.64. The minimum atomic E-state index is 0.326. The minimum absolute atomic E-state index is 0.326. The lowest BCUT2D eigenvalue weighted by atomic mass is 10.4. The molecule has 0 saturated carbocycles. The zero-order valence-corrected chi connectivity index (χ0v) is 10.4. The van der Waals surface area contributed by atoms with E-state index in [2.05, 4.69) is 20.3 Å². The van der Waals surface area contributed by atoms with Crippen LogP contribution in [0, 0.1) is 0 Å². The maximum Gasteiger partial charge on any atom is 0.203 e. The second-order valence-corrected chi connectivity index (χ2v) is 3.77. The second kappa shape index (κ2) is 5.35. The van der Waals surface area contributed by atoms with Gasteiger partial charge in [0.25, 0.3) is 0 Å². The highest BCUT2D eigenvalue weighted by molar-refractivity contribution is 5.61. The van der Waals surface area contributed by atoms with Crippen molar-refractivity contribution in [3.05, 3.63) is 24.5 Å². The van der Waals surface area contributed by atoms with Crippen molar-refractivity contribution >= 4 is 11.6 Å². The number of nitrogens with two attached hydrogens (primary N) is 1. The number of anilines is 2. The van der Waals surface area contributed by atoms with Crippen molar-refractivity contribution in [1.29, 1.82) is 0 Å². The molecule has 2 rings (SSSR count). The Labute approximate surface area is 105 Å². The van der Waals surface area contributed by atoms with E-state index in [1.165, 1.54) is 6.33 Å². The second-order valence-electron chi connectivity index (χ2n) is 3.77. The zero-order valence-electron chi connectivity index (χ0n) is 10.4. The third-order valence-electron chi connectivity index (χ3n) is 2.60. The summed E-state index contributed by atoms with van der Waals surface area (Å²) in [4.78, 5) is 12.2. The number of rotatable bonds is 5. The maximum absolute atomic E-state index is 5.69. The van der Waals surface area contributed by atoms with E-state index < -0.39 is 0 Å². The van der Waals surface area contributed by atoms with Gasteiger partial charge in [-0.3, -0.25) is 0 Å². The summed E-state index contributed by atoms with van der Waals surface area (Å²) in [6.07, 6.45) is 5.88. The fraction of sp³-hybridized carbons (Fsp3) is 0.364. The van der Waals surface area contributed by atoms with E-state index in [1.807, 2.05) is 17.8 Å². The molecule has 0 fully saturated rings. The summed E-state index contributed by atoms with van der Waals surface area (Å²) in [6.45, 7) is 0.692. The molecule has 2 aromatic heterocycles. The molecule has 3 N–H and O–H groups in total. The monoisotopic (exact) mass is 248 g/mol. The molecule has 96 valence electrons. The number of imidazole rings is 1. The number of hydrogen-bond donors (Lipinski definition) is 2. The molecular weight excluding hydrogens is 232 g/mol. The average molecular weight is 248 g/mol. The SMILES string of the molecule is COc1c(N)ncnc1NCCc1nccn1C. The van der Waals surface area contributed by atoms with Gasteiger partial charge in [-0.15, -0.1) is 0 Å². The van der Waals surface area contributed by atoms with Crippen molar-refractivity contribution in [1.82, 2.24) is 19.5 Å². The van der Waals surface area contributed by atoms with Gasteiger partial charge in [-0.2, -0.15) is 0 Å². The molecule has 0 aliphatic carbocycles. The normalized spacial score (nSPS) is 10.3. The molecule has 0 unspecified atom stereocenters. The number of nitrogens with zero attached hydrogens (tertiary/aromatic N) is 4. The Morgan fingerprint density at radius 1 is 1.39 bits per heavy atom. The van der Waals surface area contributed by atoms with E-state index in [0.717, 1.165) is 12.2 Å². The Hall–Kier alpha value is -2.31. The van der Waals surface area contributed by atoms with E-state index >= 15 is 0 Å². The maximum atomic E-state index is 5.69. The molecule has 0 radical (unpaired) electrons. The highest BCUT2D eigenvalue weighted by Gasteiger charge is 2.09. The lowest BCUT2D eigenvalue weighted by molar-refractivity contribution is 0.415. The van der Waals surface area contributed by atoms with Crippen molar-refractivity contribution in [2.45, 2.75) is 6.42 Å².